The zero-order chi connectivity index (χ0) is 18.0. The fraction of sp³-hybridized carbons (Fsp3) is 0.150. The average Bonchev–Trinajstić information content (AvgIpc) is 2.54. The Bertz CT molecular complexity index is 994. The van der Waals surface area contributed by atoms with Crippen LogP contribution in [0.3, 0.4) is 0 Å². The van der Waals surface area contributed by atoms with E-state index in [4.69, 9.17) is 0 Å². The van der Waals surface area contributed by atoms with Crippen LogP contribution in [-0.4, -0.2) is 11.0 Å². The van der Waals surface area contributed by atoms with Gasteiger partial charge in [0.2, 0.25) is 5.91 Å². The molecule has 1 amide bonds. The van der Waals surface area contributed by atoms with Crippen LogP contribution in [0.4, 0.5) is 17.1 Å². The van der Waals surface area contributed by atoms with Crippen LogP contribution in [0.15, 0.2) is 58.8 Å². The molecule has 25 heavy (non-hydrogen) atoms. The first kappa shape index (κ1) is 16.6. The number of benzene rings is 3. The summed E-state index contributed by atoms with van der Waals surface area (Å²) in [5.41, 5.74) is 3.65. The Hall–Kier alpha value is -3.21. The molecule has 0 aromatic heterocycles. The van der Waals surface area contributed by atoms with Gasteiger partial charge in [0.1, 0.15) is 5.69 Å². The predicted molar refractivity (Wildman–Crippen MR) is 100 cm³/mol. The predicted octanol–water partition coefficient (Wildman–Crippen LogP) is 5.54. The van der Waals surface area contributed by atoms with Gasteiger partial charge in [-0.15, -0.1) is 5.11 Å². The Morgan fingerprint density at radius 2 is 1.72 bits per heavy atom. The summed E-state index contributed by atoms with van der Waals surface area (Å²) in [5, 5.41) is 23.3. The van der Waals surface area contributed by atoms with Crippen LogP contribution < -0.4 is 5.32 Å². The molecule has 2 N–H and O–H groups in total. The second-order valence-corrected chi connectivity index (χ2v) is 6.01. The number of hydrogen-bond donors (Lipinski definition) is 2. The first-order chi connectivity index (χ1) is 12.0. The van der Waals surface area contributed by atoms with Crippen molar-refractivity contribution in [2.45, 2.75) is 20.8 Å². The van der Waals surface area contributed by atoms with Crippen molar-refractivity contribution < 1.29 is 9.90 Å². The van der Waals surface area contributed by atoms with Gasteiger partial charge in [-0.3, -0.25) is 4.79 Å². The Balaban J connectivity index is 2.12. The van der Waals surface area contributed by atoms with Crippen LogP contribution in [-0.2, 0) is 4.79 Å². The largest absolute Gasteiger partial charge is 0.505 e. The van der Waals surface area contributed by atoms with Gasteiger partial charge in [0.15, 0.2) is 5.75 Å². The molecule has 0 fully saturated rings. The number of hydrogen-bond acceptors (Lipinski definition) is 4. The number of nitrogens with zero attached hydrogens (tertiary/aromatic N) is 2. The maximum atomic E-state index is 11.5. The molecule has 5 heteroatoms. The fourth-order valence-corrected chi connectivity index (χ4v) is 2.74. The highest BCUT2D eigenvalue weighted by Gasteiger charge is 2.12. The molecule has 0 heterocycles. The van der Waals surface area contributed by atoms with Gasteiger partial charge in [-0.1, -0.05) is 30.3 Å². The van der Waals surface area contributed by atoms with Crippen molar-refractivity contribution in [3.63, 3.8) is 0 Å². The standard InChI is InChI=1S/C20H19N3O2/c1-12-10-15-8-9-17(23-22-16-7-5-4-6-13(16)2)20(25)19(15)18(11-12)21-14(3)24/h4-11,25H,1-3H3,(H,21,24). The molecule has 0 spiro atoms. The van der Waals surface area contributed by atoms with Crippen molar-refractivity contribution in [1.82, 2.24) is 0 Å². The molecule has 0 radical (unpaired) electrons. The zero-order valence-electron chi connectivity index (χ0n) is 14.4. The highest BCUT2D eigenvalue weighted by Crippen LogP contribution is 2.40. The number of anilines is 1. The van der Waals surface area contributed by atoms with E-state index in [1.54, 1.807) is 6.07 Å². The molecule has 5 nitrogen and oxygen atoms in total. The summed E-state index contributed by atoms with van der Waals surface area (Å²) in [7, 11) is 0. The highest BCUT2D eigenvalue weighted by atomic mass is 16.3. The van der Waals surface area contributed by atoms with Crippen molar-refractivity contribution in [2.75, 3.05) is 5.32 Å². The maximum Gasteiger partial charge on any atom is 0.221 e. The number of phenolic OH excluding ortho intramolecular Hbond substituents is 1. The van der Waals surface area contributed by atoms with E-state index >= 15 is 0 Å². The van der Waals surface area contributed by atoms with Crippen LogP contribution in [0, 0.1) is 13.8 Å². The van der Waals surface area contributed by atoms with Gasteiger partial charge in [0.25, 0.3) is 0 Å². The van der Waals surface area contributed by atoms with Crippen LogP contribution in [0.5, 0.6) is 5.75 Å². The van der Waals surface area contributed by atoms with Crippen LogP contribution in [0.1, 0.15) is 18.1 Å². The number of fused-ring (bicyclic) bond motifs is 1. The number of aryl methyl sites for hydroxylation is 2. The van der Waals surface area contributed by atoms with Gasteiger partial charge in [0, 0.05) is 12.3 Å². The van der Waals surface area contributed by atoms with Crippen LogP contribution >= 0.6 is 0 Å². The topological polar surface area (TPSA) is 74.0 Å². The Labute approximate surface area is 146 Å². The van der Waals surface area contributed by atoms with Crippen molar-refractivity contribution >= 4 is 33.7 Å². The molecule has 0 bridgehead atoms. The second kappa shape index (κ2) is 6.73. The van der Waals surface area contributed by atoms with E-state index in [-0.39, 0.29) is 11.7 Å². The molecule has 0 aliphatic heterocycles. The van der Waals surface area contributed by atoms with Gasteiger partial charge in [-0.2, -0.15) is 5.11 Å². The normalized spacial score (nSPS) is 11.2. The van der Waals surface area contributed by atoms with Gasteiger partial charge < -0.3 is 10.4 Å². The highest BCUT2D eigenvalue weighted by molar-refractivity contribution is 6.06. The minimum absolute atomic E-state index is 0.00131. The summed E-state index contributed by atoms with van der Waals surface area (Å²) in [6.07, 6.45) is 0. The molecule has 0 saturated heterocycles. The zero-order valence-corrected chi connectivity index (χ0v) is 14.4. The number of rotatable bonds is 3. The lowest BCUT2D eigenvalue weighted by Crippen LogP contribution is -2.06. The SMILES string of the molecule is CC(=O)Nc1cc(C)cc2ccc(N=Nc3ccccc3C)c(O)c12. The summed E-state index contributed by atoms with van der Waals surface area (Å²) in [6.45, 7) is 5.33. The number of phenols is 1. The van der Waals surface area contributed by atoms with Crippen molar-refractivity contribution in [1.29, 1.82) is 0 Å². The number of nitrogens with one attached hydrogen (secondary N) is 1. The first-order valence-electron chi connectivity index (χ1n) is 7.97. The number of amides is 1. The van der Waals surface area contributed by atoms with E-state index in [0.717, 1.165) is 22.2 Å². The molecule has 0 aliphatic rings. The van der Waals surface area contributed by atoms with Crippen molar-refractivity contribution in [3.8, 4) is 5.75 Å². The van der Waals surface area contributed by atoms with E-state index in [9.17, 15) is 9.90 Å². The number of carbonyl (C=O) groups excluding carboxylic acids is 1. The first-order valence-corrected chi connectivity index (χ1v) is 7.97. The van der Waals surface area contributed by atoms with E-state index in [0.29, 0.717) is 16.8 Å². The molecule has 0 aliphatic carbocycles. The lowest BCUT2D eigenvalue weighted by atomic mass is 10.0. The lowest BCUT2D eigenvalue weighted by molar-refractivity contribution is -0.114. The van der Waals surface area contributed by atoms with E-state index in [1.807, 2.05) is 56.3 Å². The minimum Gasteiger partial charge on any atom is -0.505 e. The third kappa shape index (κ3) is 3.50. The summed E-state index contributed by atoms with van der Waals surface area (Å²) >= 11 is 0. The van der Waals surface area contributed by atoms with E-state index < -0.39 is 0 Å². The number of azo groups is 1. The molecule has 3 aromatic carbocycles. The van der Waals surface area contributed by atoms with Crippen molar-refractivity contribution in [2.24, 2.45) is 10.2 Å². The van der Waals surface area contributed by atoms with E-state index in [2.05, 4.69) is 15.5 Å². The maximum absolute atomic E-state index is 11.5. The lowest BCUT2D eigenvalue weighted by Gasteiger charge is -2.11. The smallest absolute Gasteiger partial charge is 0.221 e. The molecular formula is C20H19N3O2. The van der Waals surface area contributed by atoms with Crippen molar-refractivity contribution in [3.05, 3.63) is 59.7 Å². The monoisotopic (exact) mass is 333 g/mol. The van der Waals surface area contributed by atoms with Crippen LogP contribution in [0.25, 0.3) is 10.8 Å². The third-order valence-electron chi connectivity index (χ3n) is 3.91. The molecule has 0 saturated carbocycles. The summed E-state index contributed by atoms with van der Waals surface area (Å²) in [4.78, 5) is 11.5. The quantitative estimate of drug-likeness (QED) is 0.618. The Morgan fingerprint density at radius 1 is 1.00 bits per heavy atom. The Kier molecular flexibility index (Phi) is 4.48. The molecule has 3 rings (SSSR count). The van der Waals surface area contributed by atoms with Gasteiger partial charge >= 0.3 is 0 Å². The molecule has 126 valence electrons. The third-order valence-corrected chi connectivity index (χ3v) is 3.91. The minimum atomic E-state index is -0.196. The fourth-order valence-electron chi connectivity index (χ4n) is 2.74. The molecule has 0 atom stereocenters. The average molecular weight is 333 g/mol. The molecule has 3 aromatic rings. The molecular weight excluding hydrogens is 314 g/mol. The summed E-state index contributed by atoms with van der Waals surface area (Å²) < 4.78 is 0. The number of carbonyl (C=O) groups is 1. The second-order valence-electron chi connectivity index (χ2n) is 6.01. The van der Waals surface area contributed by atoms with Gasteiger partial charge in [0.05, 0.1) is 11.4 Å². The number of aromatic hydroxyl groups is 1. The molecule has 0 unspecified atom stereocenters. The Morgan fingerprint density at radius 3 is 2.44 bits per heavy atom. The van der Waals surface area contributed by atoms with Crippen LogP contribution in [0.2, 0.25) is 0 Å². The van der Waals surface area contributed by atoms with E-state index in [1.165, 1.54) is 6.92 Å². The summed E-state index contributed by atoms with van der Waals surface area (Å²) in [6, 6.07) is 15.0. The van der Waals surface area contributed by atoms with Gasteiger partial charge in [-0.05, 0) is 48.6 Å². The van der Waals surface area contributed by atoms with Gasteiger partial charge in [-0.25, -0.2) is 0 Å². The summed E-state index contributed by atoms with van der Waals surface area (Å²) in [5.74, 6) is -0.197.